The zero-order valence-corrected chi connectivity index (χ0v) is 14.8. The fourth-order valence-corrected chi connectivity index (χ4v) is 2.42. The molecule has 6 nitrogen and oxygen atoms in total. The summed E-state index contributed by atoms with van der Waals surface area (Å²) in [6.07, 6.45) is 3.35. The third-order valence-corrected chi connectivity index (χ3v) is 4.04. The maximum atomic E-state index is 12.4. The highest BCUT2D eigenvalue weighted by atomic mass is 35.5. The van der Waals surface area contributed by atoms with E-state index in [1.54, 1.807) is 61.2 Å². The van der Waals surface area contributed by atoms with Crippen LogP contribution >= 0.6 is 11.6 Å². The van der Waals surface area contributed by atoms with Crippen LogP contribution in [0.25, 0.3) is 0 Å². The predicted molar refractivity (Wildman–Crippen MR) is 92.5 cm³/mol. The Balaban J connectivity index is 1.90. The Morgan fingerprint density at radius 1 is 1.21 bits per heavy atom. The van der Waals surface area contributed by atoms with Gasteiger partial charge in [0.1, 0.15) is 6.04 Å². The minimum Gasteiger partial charge on any atom is -0.340 e. The van der Waals surface area contributed by atoms with Gasteiger partial charge >= 0.3 is 0 Å². The van der Waals surface area contributed by atoms with E-state index in [0.717, 1.165) is 5.56 Å². The number of hydrogen-bond acceptors (Lipinski definition) is 3. The van der Waals surface area contributed by atoms with E-state index in [1.807, 2.05) is 12.1 Å². The Morgan fingerprint density at radius 2 is 1.88 bits per heavy atom. The monoisotopic (exact) mass is 348 g/mol. The van der Waals surface area contributed by atoms with Gasteiger partial charge in [-0.1, -0.05) is 23.7 Å². The molecule has 2 aromatic rings. The highest BCUT2D eigenvalue weighted by molar-refractivity contribution is 6.30. The van der Waals surface area contributed by atoms with Crippen LogP contribution in [0.5, 0.6) is 0 Å². The predicted octanol–water partition coefficient (Wildman–Crippen LogP) is 2.21. The number of hydrogen-bond donors (Lipinski definition) is 0. The zero-order chi connectivity index (χ0) is 17.7. The van der Waals surface area contributed by atoms with Crippen LogP contribution in [0.15, 0.2) is 42.7 Å². The van der Waals surface area contributed by atoms with E-state index in [0.29, 0.717) is 11.6 Å². The molecule has 0 saturated carbocycles. The SMILES string of the molecule is CC(C(=O)N(C)CC(=O)N(C)Cc1ccc(Cl)cc1)n1cccn1. The van der Waals surface area contributed by atoms with Gasteiger partial charge in [-0.05, 0) is 30.7 Å². The summed E-state index contributed by atoms with van der Waals surface area (Å²) in [5.41, 5.74) is 0.981. The molecule has 2 amide bonds. The van der Waals surface area contributed by atoms with Gasteiger partial charge in [-0.2, -0.15) is 5.10 Å². The third-order valence-electron chi connectivity index (χ3n) is 3.79. The van der Waals surface area contributed by atoms with Gasteiger partial charge in [-0.25, -0.2) is 0 Å². The Labute approximate surface area is 146 Å². The molecule has 7 heteroatoms. The first-order valence-electron chi connectivity index (χ1n) is 7.61. The molecule has 1 unspecified atom stereocenters. The van der Waals surface area contributed by atoms with E-state index in [1.165, 1.54) is 4.90 Å². The van der Waals surface area contributed by atoms with Crippen molar-refractivity contribution in [3.63, 3.8) is 0 Å². The first-order valence-corrected chi connectivity index (χ1v) is 7.99. The summed E-state index contributed by atoms with van der Waals surface area (Å²) in [6.45, 7) is 2.25. The standard InChI is InChI=1S/C17H21ClN4O2/c1-13(22-10-4-9-19-22)17(24)21(3)12-16(23)20(2)11-14-5-7-15(18)8-6-14/h4-10,13H,11-12H2,1-3H3. The number of rotatable bonds is 6. The Bertz CT molecular complexity index is 685. The fraction of sp³-hybridized carbons (Fsp3) is 0.353. The summed E-state index contributed by atoms with van der Waals surface area (Å²) in [7, 11) is 3.34. The van der Waals surface area contributed by atoms with E-state index in [2.05, 4.69) is 5.10 Å². The van der Waals surface area contributed by atoms with Gasteiger partial charge in [0, 0.05) is 38.1 Å². The van der Waals surface area contributed by atoms with Gasteiger partial charge in [0.25, 0.3) is 0 Å². The normalized spacial score (nSPS) is 11.8. The van der Waals surface area contributed by atoms with Gasteiger partial charge in [-0.3, -0.25) is 14.3 Å². The first kappa shape index (κ1) is 18.0. The average molecular weight is 349 g/mol. The molecule has 0 aliphatic heterocycles. The molecule has 1 aromatic heterocycles. The molecule has 2 rings (SSSR count). The smallest absolute Gasteiger partial charge is 0.247 e. The third kappa shape index (κ3) is 4.58. The molecule has 128 valence electrons. The number of aromatic nitrogens is 2. The Morgan fingerprint density at radius 3 is 2.46 bits per heavy atom. The molecular weight excluding hydrogens is 328 g/mol. The minimum atomic E-state index is -0.445. The summed E-state index contributed by atoms with van der Waals surface area (Å²) >= 11 is 5.85. The molecule has 0 saturated heterocycles. The second-order valence-corrected chi connectivity index (χ2v) is 6.17. The van der Waals surface area contributed by atoms with Crippen LogP contribution in [0, 0.1) is 0 Å². The van der Waals surface area contributed by atoms with Gasteiger partial charge in [0.15, 0.2) is 0 Å². The minimum absolute atomic E-state index is 0.0224. The lowest BCUT2D eigenvalue weighted by atomic mass is 10.2. The van der Waals surface area contributed by atoms with Crippen LogP contribution < -0.4 is 0 Å². The van der Waals surface area contributed by atoms with E-state index in [4.69, 9.17) is 11.6 Å². The molecule has 1 heterocycles. The maximum absolute atomic E-state index is 12.4. The van der Waals surface area contributed by atoms with Crippen LogP contribution in [-0.2, 0) is 16.1 Å². The summed E-state index contributed by atoms with van der Waals surface area (Å²) in [5.74, 6) is -0.291. The van der Waals surface area contributed by atoms with Gasteiger partial charge in [0.05, 0.1) is 6.54 Å². The van der Waals surface area contributed by atoms with Crippen molar-refractivity contribution in [1.29, 1.82) is 0 Å². The van der Waals surface area contributed by atoms with Crippen LogP contribution in [0.2, 0.25) is 5.02 Å². The average Bonchev–Trinajstić information content (AvgIpc) is 3.09. The zero-order valence-electron chi connectivity index (χ0n) is 14.0. The summed E-state index contributed by atoms with van der Waals surface area (Å²) in [4.78, 5) is 27.7. The van der Waals surface area contributed by atoms with Gasteiger partial charge in [0.2, 0.25) is 11.8 Å². The molecule has 0 aliphatic rings. The second kappa shape index (κ2) is 7.97. The van der Waals surface area contributed by atoms with Crippen molar-refractivity contribution in [2.24, 2.45) is 0 Å². The maximum Gasteiger partial charge on any atom is 0.247 e. The number of carbonyl (C=O) groups excluding carboxylic acids is 2. The summed E-state index contributed by atoms with van der Waals surface area (Å²) in [5, 5.41) is 4.72. The van der Waals surface area contributed by atoms with Gasteiger partial charge in [-0.15, -0.1) is 0 Å². The van der Waals surface area contributed by atoms with E-state index < -0.39 is 6.04 Å². The topological polar surface area (TPSA) is 58.4 Å². The largest absolute Gasteiger partial charge is 0.340 e. The number of carbonyl (C=O) groups is 2. The van der Waals surface area contributed by atoms with Gasteiger partial charge < -0.3 is 9.80 Å². The molecule has 0 aliphatic carbocycles. The quantitative estimate of drug-likeness (QED) is 0.804. The lowest BCUT2D eigenvalue weighted by molar-refractivity contribution is -0.140. The fourth-order valence-electron chi connectivity index (χ4n) is 2.30. The molecule has 1 atom stereocenters. The molecular formula is C17H21ClN4O2. The number of amides is 2. The van der Waals surface area contributed by atoms with E-state index >= 15 is 0 Å². The van der Waals surface area contributed by atoms with Crippen molar-refractivity contribution < 1.29 is 9.59 Å². The highest BCUT2D eigenvalue weighted by Gasteiger charge is 2.22. The second-order valence-electron chi connectivity index (χ2n) is 5.73. The summed E-state index contributed by atoms with van der Waals surface area (Å²) in [6, 6.07) is 8.64. The number of likely N-dealkylation sites (N-methyl/N-ethyl adjacent to an activating group) is 2. The Kier molecular flexibility index (Phi) is 5.98. The molecule has 0 radical (unpaired) electrons. The molecule has 24 heavy (non-hydrogen) atoms. The van der Waals surface area contributed by atoms with Crippen molar-refractivity contribution in [2.75, 3.05) is 20.6 Å². The van der Waals surface area contributed by atoms with Crippen LogP contribution in [-0.4, -0.2) is 52.0 Å². The molecule has 0 bridgehead atoms. The van der Waals surface area contributed by atoms with Crippen molar-refractivity contribution in [1.82, 2.24) is 19.6 Å². The Hall–Kier alpha value is -2.34. The molecule has 0 spiro atoms. The van der Waals surface area contributed by atoms with E-state index in [9.17, 15) is 9.59 Å². The highest BCUT2D eigenvalue weighted by Crippen LogP contribution is 2.12. The van der Waals surface area contributed by atoms with Crippen molar-refractivity contribution in [3.8, 4) is 0 Å². The number of benzene rings is 1. The van der Waals surface area contributed by atoms with Crippen LogP contribution in [0.1, 0.15) is 18.5 Å². The lowest BCUT2D eigenvalue weighted by Gasteiger charge is -2.24. The van der Waals surface area contributed by atoms with Crippen molar-refractivity contribution >= 4 is 23.4 Å². The number of nitrogens with zero attached hydrogens (tertiary/aromatic N) is 4. The van der Waals surface area contributed by atoms with Crippen LogP contribution in [0.3, 0.4) is 0 Å². The van der Waals surface area contributed by atoms with Crippen molar-refractivity contribution in [3.05, 3.63) is 53.3 Å². The summed E-state index contributed by atoms with van der Waals surface area (Å²) < 4.78 is 1.57. The number of halogens is 1. The lowest BCUT2D eigenvalue weighted by Crippen LogP contribution is -2.41. The molecule has 1 aromatic carbocycles. The molecule has 0 fully saturated rings. The molecule has 0 N–H and O–H groups in total. The van der Waals surface area contributed by atoms with Crippen molar-refractivity contribution in [2.45, 2.75) is 19.5 Å². The first-order chi connectivity index (χ1) is 11.4. The van der Waals surface area contributed by atoms with E-state index in [-0.39, 0.29) is 18.4 Å². The van der Waals surface area contributed by atoms with Crippen LogP contribution in [0.4, 0.5) is 0 Å².